The molecular formula is C21H29N5O8. The van der Waals surface area contributed by atoms with Crippen molar-refractivity contribution in [3.63, 3.8) is 0 Å². The molecule has 0 aliphatic carbocycles. The van der Waals surface area contributed by atoms with Crippen molar-refractivity contribution in [3.8, 4) is 0 Å². The van der Waals surface area contributed by atoms with Gasteiger partial charge in [-0.05, 0) is 18.4 Å². The van der Waals surface area contributed by atoms with E-state index >= 15 is 0 Å². The van der Waals surface area contributed by atoms with Crippen molar-refractivity contribution in [1.29, 1.82) is 0 Å². The highest BCUT2D eigenvalue weighted by molar-refractivity contribution is 5.94. The maximum atomic E-state index is 12.9. The number of nitrogens with one attached hydrogen (secondary N) is 3. The van der Waals surface area contributed by atoms with E-state index < -0.39 is 60.2 Å². The summed E-state index contributed by atoms with van der Waals surface area (Å²) in [5.74, 6) is -5.57. The van der Waals surface area contributed by atoms with E-state index in [4.69, 9.17) is 21.7 Å². The van der Waals surface area contributed by atoms with E-state index in [1.807, 2.05) is 0 Å². The van der Waals surface area contributed by atoms with Gasteiger partial charge in [-0.1, -0.05) is 30.3 Å². The number of hydrogen-bond donors (Lipinski definition) is 7. The summed E-state index contributed by atoms with van der Waals surface area (Å²) in [6.45, 7) is -0.666. The van der Waals surface area contributed by atoms with Crippen LogP contribution < -0.4 is 27.4 Å². The van der Waals surface area contributed by atoms with Crippen LogP contribution in [-0.4, -0.2) is 70.5 Å². The van der Waals surface area contributed by atoms with E-state index in [0.717, 1.165) is 0 Å². The van der Waals surface area contributed by atoms with Gasteiger partial charge in [0, 0.05) is 19.3 Å². The summed E-state index contributed by atoms with van der Waals surface area (Å²) < 4.78 is 0. The van der Waals surface area contributed by atoms with Gasteiger partial charge < -0.3 is 37.6 Å². The van der Waals surface area contributed by atoms with E-state index in [2.05, 4.69) is 16.0 Å². The molecular weight excluding hydrogens is 450 g/mol. The number of carbonyl (C=O) groups is 6. The highest BCUT2D eigenvalue weighted by Gasteiger charge is 2.29. The summed E-state index contributed by atoms with van der Waals surface area (Å²) >= 11 is 0. The Hall–Kier alpha value is -4.00. The molecule has 0 fully saturated rings. The molecule has 4 amide bonds. The summed E-state index contributed by atoms with van der Waals surface area (Å²) in [4.78, 5) is 70.5. The molecule has 0 aromatic heterocycles. The fourth-order valence-electron chi connectivity index (χ4n) is 2.86. The molecule has 3 unspecified atom stereocenters. The van der Waals surface area contributed by atoms with Crippen LogP contribution in [-0.2, 0) is 35.2 Å². The van der Waals surface area contributed by atoms with Gasteiger partial charge in [0.25, 0.3) is 0 Å². The molecule has 1 rings (SSSR count). The second-order valence-corrected chi connectivity index (χ2v) is 7.47. The van der Waals surface area contributed by atoms with Gasteiger partial charge >= 0.3 is 11.9 Å². The molecule has 9 N–H and O–H groups in total. The van der Waals surface area contributed by atoms with Crippen LogP contribution in [0.3, 0.4) is 0 Å². The molecule has 3 atom stereocenters. The normalized spacial score (nSPS) is 13.1. The second kappa shape index (κ2) is 14.2. The molecule has 34 heavy (non-hydrogen) atoms. The van der Waals surface area contributed by atoms with E-state index in [1.165, 1.54) is 0 Å². The lowest BCUT2D eigenvalue weighted by molar-refractivity contribution is -0.139. The lowest BCUT2D eigenvalue weighted by Gasteiger charge is -2.24. The number of primary amides is 1. The van der Waals surface area contributed by atoms with Crippen LogP contribution in [0.5, 0.6) is 0 Å². The second-order valence-electron chi connectivity index (χ2n) is 7.47. The van der Waals surface area contributed by atoms with Crippen molar-refractivity contribution in [3.05, 3.63) is 35.9 Å². The first-order valence-corrected chi connectivity index (χ1v) is 10.4. The van der Waals surface area contributed by atoms with Crippen LogP contribution in [0.1, 0.15) is 31.2 Å². The fraction of sp³-hybridized carbons (Fsp3) is 0.429. The number of nitrogens with two attached hydrogens (primary N) is 2. The quantitative estimate of drug-likeness (QED) is 0.145. The van der Waals surface area contributed by atoms with Crippen LogP contribution in [0.4, 0.5) is 0 Å². The van der Waals surface area contributed by atoms with Gasteiger partial charge in [0.1, 0.15) is 18.6 Å². The SMILES string of the molecule is NC(=O)CCC(NC(=O)C(N)CCC(=O)O)C(=O)NC(Cc1ccccc1)C(=O)NCC(=O)O. The van der Waals surface area contributed by atoms with E-state index in [1.54, 1.807) is 30.3 Å². The zero-order valence-electron chi connectivity index (χ0n) is 18.4. The fourth-order valence-corrected chi connectivity index (χ4v) is 2.86. The van der Waals surface area contributed by atoms with Crippen molar-refractivity contribution in [2.24, 2.45) is 11.5 Å². The minimum absolute atomic E-state index is 0.0205. The van der Waals surface area contributed by atoms with E-state index in [-0.39, 0.29) is 32.1 Å². The van der Waals surface area contributed by atoms with Crippen molar-refractivity contribution in [2.75, 3.05) is 6.54 Å². The Balaban J connectivity index is 2.98. The Morgan fingerprint density at radius 2 is 1.41 bits per heavy atom. The summed E-state index contributed by atoms with van der Waals surface area (Å²) in [6, 6.07) is 4.89. The minimum atomic E-state index is -1.30. The Labute approximate surface area is 195 Å². The summed E-state index contributed by atoms with van der Waals surface area (Å²) in [5, 5.41) is 24.6. The first-order valence-electron chi connectivity index (χ1n) is 10.4. The highest BCUT2D eigenvalue weighted by Crippen LogP contribution is 2.06. The number of carbonyl (C=O) groups excluding carboxylic acids is 4. The lowest BCUT2D eigenvalue weighted by Crippen LogP contribution is -2.56. The molecule has 0 saturated heterocycles. The number of rotatable bonds is 15. The van der Waals surface area contributed by atoms with Gasteiger partial charge in [0.15, 0.2) is 0 Å². The maximum absolute atomic E-state index is 12.9. The largest absolute Gasteiger partial charge is 0.481 e. The molecule has 0 bridgehead atoms. The van der Waals surface area contributed by atoms with E-state index in [9.17, 15) is 28.8 Å². The van der Waals surface area contributed by atoms with E-state index in [0.29, 0.717) is 5.56 Å². The van der Waals surface area contributed by atoms with Crippen molar-refractivity contribution < 1.29 is 39.0 Å². The minimum Gasteiger partial charge on any atom is -0.481 e. The summed E-state index contributed by atoms with van der Waals surface area (Å²) in [6.07, 6.45) is -0.994. The lowest BCUT2D eigenvalue weighted by atomic mass is 10.0. The molecule has 0 saturated carbocycles. The number of aliphatic carboxylic acids is 2. The highest BCUT2D eigenvalue weighted by atomic mass is 16.4. The molecule has 0 radical (unpaired) electrons. The molecule has 13 nitrogen and oxygen atoms in total. The Morgan fingerprint density at radius 3 is 1.97 bits per heavy atom. The molecule has 0 heterocycles. The molecule has 1 aromatic carbocycles. The Bertz CT molecular complexity index is 892. The average Bonchev–Trinajstić information content (AvgIpc) is 2.78. The predicted molar refractivity (Wildman–Crippen MR) is 118 cm³/mol. The van der Waals surface area contributed by atoms with Gasteiger partial charge in [0.2, 0.25) is 23.6 Å². The molecule has 0 aliphatic heterocycles. The first-order chi connectivity index (χ1) is 16.0. The zero-order valence-corrected chi connectivity index (χ0v) is 18.4. The van der Waals surface area contributed by atoms with Crippen LogP contribution in [0.15, 0.2) is 30.3 Å². The zero-order chi connectivity index (χ0) is 25.7. The van der Waals surface area contributed by atoms with Crippen LogP contribution in [0, 0.1) is 0 Å². The Kier molecular flexibility index (Phi) is 11.7. The number of benzene rings is 1. The monoisotopic (exact) mass is 479 g/mol. The number of hydrogen-bond acceptors (Lipinski definition) is 7. The molecule has 1 aromatic rings. The first kappa shape index (κ1) is 28.0. The van der Waals surface area contributed by atoms with Gasteiger partial charge in [-0.15, -0.1) is 0 Å². The van der Waals surface area contributed by atoms with Crippen molar-refractivity contribution in [1.82, 2.24) is 16.0 Å². The number of carboxylic acids is 2. The molecule has 0 spiro atoms. The third-order valence-corrected chi connectivity index (χ3v) is 4.65. The molecule has 13 heteroatoms. The van der Waals surface area contributed by atoms with Crippen molar-refractivity contribution in [2.45, 2.75) is 50.2 Å². The van der Waals surface area contributed by atoms with Gasteiger partial charge in [-0.3, -0.25) is 28.8 Å². The molecule has 0 aliphatic rings. The van der Waals surface area contributed by atoms with Gasteiger partial charge in [-0.2, -0.15) is 0 Å². The topological polar surface area (TPSA) is 231 Å². The van der Waals surface area contributed by atoms with Crippen molar-refractivity contribution >= 4 is 35.6 Å². The summed E-state index contributed by atoms with van der Waals surface area (Å²) in [5.41, 5.74) is 11.5. The van der Waals surface area contributed by atoms with Crippen LogP contribution in [0.25, 0.3) is 0 Å². The standard InChI is InChI=1S/C21H29N5O8/c22-13(6-9-17(28)29)19(32)25-14(7-8-16(23)27)21(34)26-15(20(33)24-11-18(30)31)10-12-4-2-1-3-5-12/h1-5,13-15H,6-11,22H2,(H2,23,27)(H,24,33)(H,25,32)(H,26,34)(H,28,29)(H,30,31). The van der Waals surface area contributed by atoms with Gasteiger partial charge in [0.05, 0.1) is 6.04 Å². The number of carboxylic acid groups (broad SMARTS) is 2. The van der Waals surface area contributed by atoms with Gasteiger partial charge in [-0.25, -0.2) is 0 Å². The Morgan fingerprint density at radius 1 is 0.794 bits per heavy atom. The molecule has 186 valence electrons. The average molecular weight is 479 g/mol. The van der Waals surface area contributed by atoms with Crippen LogP contribution >= 0.6 is 0 Å². The third-order valence-electron chi connectivity index (χ3n) is 4.65. The smallest absolute Gasteiger partial charge is 0.322 e. The summed E-state index contributed by atoms with van der Waals surface area (Å²) in [7, 11) is 0. The third kappa shape index (κ3) is 11.0. The predicted octanol–water partition coefficient (Wildman–Crippen LogP) is -2.14. The van der Waals surface area contributed by atoms with Crippen LogP contribution in [0.2, 0.25) is 0 Å². The number of amides is 4. The maximum Gasteiger partial charge on any atom is 0.322 e.